The average molecular weight is 265 g/mol. The van der Waals surface area contributed by atoms with E-state index in [1.165, 1.54) is 7.11 Å². The molecule has 0 aliphatic rings. The van der Waals surface area contributed by atoms with Crippen LogP contribution in [0, 0.1) is 6.92 Å². The number of carbonyl (C=O) groups excluding carboxylic acids is 1. The maximum atomic E-state index is 11.6. The lowest BCUT2D eigenvalue weighted by atomic mass is 10.0. The first-order chi connectivity index (χ1) is 9.03. The van der Waals surface area contributed by atoms with E-state index in [4.69, 9.17) is 9.47 Å². The van der Waals surface area contributed by atoms with Crippen molar-refractivity contribution in [3.63, 3.8) is 0 Å². The summed E-state index contributed by atoms with van der Waals surface area (Å²) in [7, 11) is 3.06. The van der Waals surface area contributed by atoms with Gasteiger partial charge in [-0.25, -0.2) is 0 Å². The van der Waals surface area contributed by atoms with Gasteiger partial charge in [0, 0.05) is 11.6 Å². The number of carbonyl (C=O) groups is 1. The molecule has 4 nitrogen and oxygen atoms in total. The van der Waals surface area contributed by atoms with Crippen molar-refractivity contribution in [3.8, 4) is 5.75 Å². The van der Waals surface area contributed by atoms with Gasteiger partial charge in [0.05, 0.1) is 14.2 Å². The molecule has 2 atom stereocenters. The summed E-state index contributed by atoms with van der Waals surface area (Å²) in [6, 6.07) is 5.74. The van der Waals surface area contributed by atoms with E-state index in [2.05, 4.69) is 11.4 Å². The van der Waals surface area contributed by atoms with E-state index in [1.807, 2.05) is 32.9 Å². The molecule has 0 fully saturated rings. The van der Waals surface area contributed by atoms with Gasteiger partial charge in [0.25, 0.3) is 0 Å². The maximum Gasteiger partial charge on any atom is 0.322 e. The zero-order valence-electron chi connectivity index (χ0n) is 12.3. The second-order valence-corrected chi connectivity index (χ2v) is 4.62. The molecule has 1 rings (SSSR count). The standard InChI is InChI=1S/C15H23NO3/c1-6-13(15(17)19-5)16-11(3)12-9-10(2)7-8-14(12)18-4/h7-9,11,13,16H,6H2,1-5H3. The molecule has 106 valence electrons. The minimum absolute atomic E-state index is 0.0129. The smallest absolute Gasteiger partial charge is 0.322 e. The zero-order chi connectivity index (χ0) is 14.4. The molecule has 0 amide bonds. The summed E-state index contributed by atoms with van der Waals surface area (Å²) in [5.41, 5.74) is 2.21. The molecular formula is C15H23NO3. The molecule has 19 heavy (non-hydrogen) atoms. The fourth-order valence-electron chi connectivity index (χ4n) is 2.08. The lowest BCUT2D eigenvalue weighted by Gasteiger charge is -2.22. The Kier molecular flexibility index (Phi) is 5.83. The second-order valence-electron chi connectivity index (χ2n) is 4.62. The highest BCUT2D eigenvalue weighted by Crippen LogP contribution is 2.26. The Bertz CT molecular complexity index is 431. The highest BCUT2D eigenvalue weighted by molar-refractivity contribution is 5.75. The number of hydrogen-bond acceptors (Lipinski definition) is 4. The SMILES string of the molecule is CCC(NC(C)c1cc(C)ccc1OC)C(=O)OC. The van der Waals surface area contributed by atoms with Crippen molar-refractivity contribution in [2.75, 3.05) is 14.2 Å². The molecule has 1 aromatic carbocycles. The highest BCUT2D eigenvalue weighted by Gasteiger charge is 2.21. The van der Waals surface area contributed by atoms with Crippen molar-refractivity contribution in [3.05, 3.63) is 29.3 Å². The number of nitrogens with one attached hydrogen (secondary N) is 1. The van der Waals surface area contributed by atoms with Crippen LogP contribution in [0.15, 0.2) is 18.2 Å². The minimum Gasteiger partial charge on any atom is -0.496 e. The fourth-order valence-corrected chi connectivity index (χ4v) is 2.08. The summed E-state index contributed by atoms with van der Waals surface area (Å²) in [5.74, 6) is 0.589. The quantitative estimate of drug-likeness (QED) is 0.803. The Morgan fingerprint density at radius 2 is 2.05 bits per heavy atom. The first kappa shape index (κ1) is 15.5. The van der Waals surface area contributed by atoms with Gasteiger partial charge in [-0.3, -0.25) is 10.1 Å². The van der Waals surface area contributed by atoms with Crippen LogP contribution in [0.25, 0.3) is 0 Å². The molecule has 0 saturated heterocycles. The van der Waals surface area contributed by atoms with Crippen LogP contribution in [0.1, 0.15) is 37.4 Å². The average Bonchev–Trinajstić information content (AvgIpc) is 2.43. The van der Waals surface area contributed by atoms with Crippen molar-refractivity contribution < 1.29 is 14.3 Å². The van der Waals surface area contributed by atoms with Crippen molar-refractivity contribution >= 4 is 5.97 Å². The second kappa shape index (κ2) is 7.14. The zero-order valence-corrected chi connectivity index (χ0v) is 12.3. The Morgan fingerprint density at radius 3 is 2.58 bits per heavy atom. The minimum atomic E-state index is -0.301. The summed E-state index contributed by atoms with van der Waals surface area (Å²) >= 11 is 0. The van der Waals surface area contributed by atoms with Crippen molar-refractivity contribution in [2.45, 2.75) is 39.3 Å². The molecule has 0 aliphatic carbocycles. The summed E-state index contributed by atoms with van der Waals surface area (Å²) < 4.78 is 10.2. The summed E-state index contributed by atoms with van der Waals surface area (Å²) in [5, 5.41) is 3.28. The third-order valence-corrected chi connectivity index (χ3v) is 3.20. The van der Waals surface area contributed by atoms with Gasteiger partial charge >= 0.3 is 5.97 Å². The first-order valence-electron chi connectivity index (χ1n) is 6.51. The molecule has 0 bridgehead atoms. The molecule has 0 spiro atoms. The monoisotopic (exact) mass is 265 g/mol. The number of hydrogen-bond donors (Lipinski definition) is 1. The van der Waals surface area contributed by atoms with Crippen LogP contribution in [0.5, 0.6) is 5.75 Å². The summed E-state index contributed by atoms with van der Waals surface area (Å²) in [6.45, 7) is 6.00. The Morgan fingerprint density at radius 1 is 1.37 bits per heavy atom. The van der Waals surface area contributed by atoms with Gasteiger partial charge in [0.2, 0.25) is 0 Å². The van der Waals surface area contributed by atoms with Crippen LogP contribution in [0.2, 0.25) is 0 Å². The predicted molar refractivity (Wildman–Crippen MR) is 75.4 cm³/mol. The van der Waals surface area contributed by atoms with Gasteiger partial charge in [0.15, 0.2) is 0 Å². The molecule has 0 radical (unpaired) electrons. The molecular weight excluding hydrogens is 242 g/mol. The number of ether oxygens (including phenoxy) is 2. The fraction of sp³-hybridized carbons (Fsp3) is 0.533. The third kappa shape index (κ3) is 3.96. The molecule has 2 unspecified atom stereocenters. The van der Waals surface area contributed by atoms with E-state index in [0.717, 1.165) is 16.9 Å². The van der Waals surface area contributed by atoms with Crippen LogP contribution in [-0.4, -0.2) is 26.2 Å². The van der Waals surface area contributed by atoms with E-state index >= 15 is 0 Å². The topological polar surface area (TPSA) is 47.6 Å². The van der Waals surface area contributed by atoms with E-state index in [-0.39, 0.29) is 18.1 Å². The van der Waals surface area contributed by atoms with E-state index in [9.17, 15) is 4.79 Å². The van der Waals surface area contributed by atoms with Gasteiger partial charge in [-0.05, 0) is 26.3 Å². The largest absolute Gasteiger partial charge is 0.496 e. The summed E-state index contributed by atoms with van der Waals surface area (Å²) in [6.07, 6.45) is 0.686. The van der Waals surface area contributed by atoms with Crippen LogP contribution in [0.4, 0.5) is 0 Å². The maximum absolute atomic E-state index is 11.6. The van der Waals surface area contributed by atoms with Gasteiger partial charge in [-0.15, -0.1) is 0 Å². The van der Waals surface area contributed by atoms with Crippen LogP contribution in [-0.2, 0) is 9.53 Å². The lowest BCUT2D eigenvalue weighted by molar-refractivity contribution is -0.143. The number of benzene rings is 1. The van der Waals surface area contributed by atoms with Gasteiger partial charge in [-0.1, -0.05) is 24.6 Å². The first-order valence-corrected chi connectivity index (χ1v) is 6.51. The third-order valence-electron chi connectivity index (χ3n) is 3.20. The van der Waals surface area contributed by atoms with Crippen molar-refractivity contribution in [2.24, 2.45) is 0 Å². The van der Waals surface area contributed by atoms with Crippen molar-refractivity contribution in [1.29, 1.82) is 0 Å². The number of rotatable bonds is 6. The number of esters is 1. The van der Waals surface area contributed by atoms with Gasteiger partial charge in [0.1, 0.15) is 11.8 Å². The molecule has 0 aliphatic heterocycles. The van der Waals surface area contributed by atoms with Gasteiger partial charge in [-0.2, -0.15) is 0 Å². The Hall–Kier alpha value is -1.55. The molecule has 1 aromatic rings. The Balaban J connectivity index is 2.90. The molecule has 0 saturated carbocycles. The van der Waals surface area contributed by atoms with E-state index in [0.29, 0.717) is 6.42 Å². The highest BCUT2D eigenvalue weighted by atomic mass is 16.5. The predicted octanol–water partition coefficient (Wildman–Crippen LogP) is 2.61. The van der Waals surface area contributed by atoms with Crippen LogP contribution >= 0.6 is 0 Å². The lowest BCUT2D eigenvalue weighted by Crippen LogP contribution is -2.38. The molecule has 4 heteroatoms. The molecule has 0 aromatic heterocycles. The number of methoxy groups -OCH3 is 2. The van der Waals surface area contributed by atoms with Crippen LogP contribution < -0.4 is 10.1 Å². The van der Waals surface area contributed by atoms with Crippen LogP contribution in [0.3, 0.4) is 0 Å². The van der Waals surface area contributed by atoms with Gasteiger partial charge < -0.3 is 9.47 Å². The number of aryl methyl sites for hydroxylation is 1. The summed E-state index contributed by atoms with van der Waals surface area (Å²) in [4.78, 5) is 11.6. The van der Waals surface area contributed by atoms with E-state index < -0.39 is 0 Å². The van der Waals surface area contributed by atoms with Crippen molar-refractivity contribution in [1.82, 2.24) is 5.32 Å². The Labute approximate surface area is 115 Å². The van der Waals surface area contributed by atoms with E-state index in [1.54, 1.807) is 7.11 Å². The molecule has 0 heterocycles. The molecule has 1 N–H and O–H groups in total. The normalized spacial score (nSPS) is 13.7.